The molecule has 8 heavy (non-hydrogen) atoms. The lowest BCUT2D eigenvalue weighted by Crippen LogP contribution is -2.30. The molecule has 1 aliphatic carbocycles. The van der Waals surface area contributed by atoms with Gasteiger partial charge >= 0.3 is 0 Å². The summed E-state index contributed by atoms with van der Waals surface area (Å²) in [6.45, 7) is 2.05. The Morgan fingerprint density at radius 3 is 2.38 bits per heavy atom. The Morgan fingerprint density at radius 1 is 1.75 bits per heavy atom. The molecule has 1 rings (SSSR count). The van der Waals surface area contributed by atoms with E-state index in [0.717, 1.165) is 19.1 Å². The lowest BCUT2D eigenvalue weighted by molar-refractivity contribution is -0.110. The minimum atomic E-state index is -0.220. The van der Waals surface area contributed by atoms with Gasteiger partial charge in [0.2, 0.25) is 0 Å². The topological polar surface area (TPSA) is 43.1 Å². The molecule has 0 heterocycles. The molecule has 2 nitrogen and oxygen atoms in total. The zero-order valence-corrected chi connectivity index (χ0v) is 5.05. The first-order chi connectivity index (χ1) is 3.69. The third-order valence-corrected chi connectivity index (χ3v) is 1.99. The molecule has 0 aromatic heterocycles. The summed E-state index contributed by atoms with van der Waals surface area (Å²) in [5, 5.41) is 0. The predicted molar refractivity (Wildman–Crippen MR) is 31.4 cm³/mol. The van der Waals surface area contributed by atoms with Gasteiger partial charge in [-0.2, -0.15) is 0 Å². The summed E-state index contributed by atoms with van der Waals surface area (Å²) in [5.74, 6) is 0. The summed E-state index contributed by atoms with van der Waals surface area (Å²) in [4.78, 5) is 10.1. The van der Waals surface area contributed by atoms with Gasteiger partial charge in [0.05, 0.1) is 6.04 Å². The third kappa shape index (κ3) is 0.757. The maximum atomic E-state index is 10.1. The molecule has 1 atom stereocenters. The zero-order valence-electron chi connectivity index (χ0n) is 5.05. The highest BCUT2D eigenvalue weighted by molar-refractivity contribution is 5.59. The number of carbonyl (C=O) groups excluding carboxylic acids is 1. The Hall–Kier alpha value is -0.370. The van der Waals surface area contributed by atoms with E-state index in [1.54, 1.807) is 0 Å². The maximum Gasteiger partial charge on any atom is 0.137 e. The molecule has 0 bridgehead atoms. The maximum absolute atomic E-state index is 10.1. The van der Waals surface area contributed by atoms with Gasteiger partial charge in [0.25, 0.3) is 0 Å². The van der Waals surface area contributed by atoms with E-state index in [9.17, 15) is 4.79 Å². The quantitative estimate of drug-likeness (QED) is 0.524. The highest BCUT2D eigenvalue weighted by Crippen LogP contribution is 2.46. The fraction of sp³-hybridized carbons (Fsp3) is 0.833. The second-order valence-electron chi connectivity index (χ2n) is 2.82. The SMILES string of the molecule is CC1(C(N)C=O)CC1. The van der Waals surface area contributed by atoms with Crippen molar-refractivity contribution >= 4 is 6.29 Å². The monoisotopic (exact) mass is 113 g/mol. The molecule has 46 valence electrons. The van der Waals surface area contributed by atoms with E-state index in [1.807, 2.05) is 6.92 Å². The molecule has 0 spiro atoms. The van der Waals surface area contributed by atoms with Crippen LogP contribution >= 0.6 is 0 Å². The van der Waals surface area contributed by atoms with E-state index in [1.165, 1.54) is 0 Å². The van der Waals surface area contributed by atoms with E-state index >= 15 is 0 Å². The molecule has 0 radical (unpaired) electrons. The van der Waals surface area contributed by atoms with Crippen LogP contribution in [0.5, 0.6) is 0 Å². The Balaban J connectivity index is 2.45. The standard InChI is InChI=1S/C6H11NO/c1-6(2-3-6)5(7)4-8/h4-5H,2-3,7H2,1H3. The average molecular weight is 113 g/mol. The molecule has 2 heteroatoms. The number of nitrogens with two attached hydrogens (primary N) is 1. The summed E-state index contributed by atoms with van der Waals surface area (Å²) in [6.07, 6.45) is 3.08. The van der Waals surface area contributed by atoms with Crippen LogP contribution in [0.3, 0.4) is 0 Å². The summed E-state index contributed by atoms with van der Waals surface area (Å²) >= 11 is 0. The number of hydrogen-bond acceptors (Lipinski definition) is 2. The summed E-state index contributed by atoms with van der Waals surface area (Å²) in [5.41, 5.74) is 5.61. The van der Waals surface area contributed by atoms with Crippen LogP contribution in [0, 0.1) is 5.41 Å². The van der Waals surface area contributed by atoms with Gasteiger partial charge in [0.15, 0.2) is 0 Å². The van der Waals surface area contributed by atoms with Crippen LogP contribution in [0.1, 0.15) is 19.8 Å². The van der Waals surface area contributed by atoms with Crippen LogP contribution in [0.25, 0.3) is 0 Å². The molecule has 1 aliphatic rings. The van der Waals surface area contributed by atoms with Gasteiger partial charge in [-0.15, -0.1) is 0 Å². The highest BCUT2D eigenvalue weighted by Gasteiger charge is 2.42. The van der Waals surface area contributed by atoms with Crippen molar-refractivity contribution in [3.63, 3.8) is 0 Å². The largest absolute Gasteiger partial charge is 0.321 e. The Bertz CT molecular complexity index is 107. The van der Waals surface area contributed by atoms with Gasteiger partial charge in [-0.25, -0.2) is 0 Å². The van der Waals surface area contributed by atoms with Gasteiger partial charge < -0.3 is 10.5 Å². The number of carbonyl (C=O) groups is 1. The van der Waals surface area contributed by atoms with E-state index in [2.05, 4.69) is 0 Å². The van der Waals surface area contributed by atoms with E-state index in [-0.39, 0.29) is 11.5 Å². The van der Waals surface area contributed by atoms with Gasteiger partial charge in [0, 0.05) is 0 Å². The molecule has 0 aliphatic heterocycles. The molecule has 0 saturated heterocycles. The molecule has 0 aromatic rings. The zero-order chi connectivity index (χ0) is 6.20. The van der Waals surface area contributed by atoms with Crippen molar-refractivity contribution in [2.45, 2.75) is 25.8 Å². The third-order valence-electron chi connectivity index (χ3n) is 1.99. The summed E-state index contributed by atoms with van der Waals surface area (Å²) in [7, 11) is 0. The van der Waals surface area contributed by atoms with Gasteiger partial charge in [-0.3, -0.25) is 0 Å². The van der Waals surface area contributed by atoms with E-state index < -0.39 is 0 Å². The van der Waals surface area contributed by atoms with Crippen LogP contribution in [0.2, 0.25) is 0 Å². The van der Waals surface area contributed by atoms with E-state index in [0.29, 0.717) is 0 Å². The lowest BCUT2D eigenvalue weighted by atomic mass is 10.0. The van der Waals surface area contributed by atoms with Crippen molar-refractivity contribution in [3.8, 4) is 0 Å². The normalized spacial score (nSPS) is 26.8. The minimum Gasteiger partial charge on any atom is -0.321 e. The van der Waals surface area contributed by atoms with Crippen LogP contribution in [0.4, 0.5) is 0 Å². The van der Waals surface area contributed by atoms with Crippen LogP contribution < -0.4 is 5.73 Å². The molecule has 1 fully saturated rings. The number of hydrogen-bond donors (Lipinski definition) is 1. The van der Waals surface area contributed by atoms with Gasteiger partial charge in [-0.1, -0.05) is 6.92 Å². The van der Waals surface area contributed by atoms with Crippen molar-refractivity contribution in [2.75, 3.05) is 0 Å². The van der Waals surface area contributed by atoms with Gasteiger partial charge in [0.1, 0.15) is 6.29 Å². The predicted octanol–water partition coefficient (Wildman–Crippen LogP) is 0.313. The molecule has 0 aromatic carbocycles. The first-order valence-electron chi connectivity index (χ1n) is 2.90. The number of rotatable bonds is 2. The molecule has 1 saturated carbocycles. The fourth-order valence-electron chi connectivity index (χ4n) is 0.695. The highest BCUT2D eigenvalue weighted by atomic mass is 16.1. The van der Waals surface area contributed by atoms with Crippen LogP contribution in [0.15, 0.2) is 0 Å². The Labute approximate surface area is 49.1 Å². The van der Waals surface area contributed by atoms with Crippen LogP contribution in [-0.2, 0) is 4.79 Å². The molecule has 0 amide bonds. The van der Waals surface area contributed by atoms with Crippen LogP contribution in [-0.4, -0.2) is 12.3 Å². The molecular weight excluding hydrogens is 102 g/mol. The summed E-state index contributed by atoms with van der Waals surface area (Å²) < 4.78 is 0. The number of aldehydes is 1. The minimum absolute atomic E-state index is 0.168. The summed E-state index contributed by atoms with van der Waals surface area (Å²) in [6, 6.07) is -0.220. The molecule has 2 N–H and O–H groups in total. The van der Waals surface area contributed by atoms with Crippen molar-refractivity contribution in [2.24, 2.45) is 11.1 Å². The van der Waals surface area contributed by atoms with Crippen molar-refractivity contribution in [1.29, 1.82) is 0 Å². The van der Waals surface area contributed by atoms with E-state index in [4.69, 9.17) is 5.73 Å². The smallest absolute Gasteiger partial charge is 0.137 e. The average Bonchev–Trinajstić information content (AvgIpc) is 2.47. The lowest BCUT2D eigenvalue weighted by Gasteiger charge is -2.09. The van der Waals surface area contributed by atoms with Gasteiger partial charge in [-0.05, 0) is 18.3 Å². The molecule has 1 unspecified atom stereocenters. The molecular formula is C6H11NO. The van der Waals surface area contributed by atoms with Crippen molar-refractivity contribution in [3.05, 3.63) is 0 Å². The van der Waals surface area contributed by atoms with Crippen molar-refractivity contribution < 1.29 is 4.79 Å². The van der Waals surface area contributed by atoms with Crippen molar-refractivity contribution in [1.82, 2.24) is 0 Å². The Kier molecular flexibility index (Phi) is 1.12. The Morgan fingerprint density at radius 2 is 2.25 bits per heavy atom. The first-order valence-corrected chi connectivity index (χ1v) is 2.90. The fourth-order valence-corrected chi connectivity index (χ4v) is 0.695. The second-order valence-corrected chi connectivity index (χ2v) is 2.82. The first kappa shape index (κ1) is 5.76. The second kappa shape index (κ2) is 1.55.